The summed E-state index contributed by atoms with van der Waals surface area (Å²) in [6.45, 7) is 5.23. The molecule has 0 bridgehead atoms. The Morgan fingerprint density at radius 2 is 1.64 bits per heavy atom. The molecule has 33 heavy (non-hydrogen) atoms. The van der Waals surface area contributed by atoms with Crippen LogP contribution in [0.1, 0.15) is 23.6 Å². The standard InChI is InChI=1S/C26H22FN3O3/c1-15-7-8-16(2)22(13-15)29-24-23(18-9-11-20(12-10-18)28-17(3)31)25(32)30(26(24)33)21-6-4-5-19(27)14-21/h4-14,29H,1-3H3,(H,28,31). The minimum absolute atomic E-state index is 0.102. The van der Waals surface area contributed by atoms with Crippen LogP contribution in [0.25, 0.3) is 5.57 Å². The van der Waals surface area contributed by atoms with Crippen molar-refractivity contribution in [2.24, 2.45) is 0 Å². The Morgan fingerprint density at radius 1 is 0.909 bits per heavy atom. The Hall–Kier alpha value is -4.26. The van der Waals surface area contributed by atoms with Gasteiger partial charge in [-0.15, -0.1) is 0 Å². The fraction of sp³-hybridized carbons (Fsp3) is 0.115. The van der Waals surface area contributed by atoms with Crippen molar-refractivity contribution in [2.45, 2.75) is 20.8 Å². The lowest BCUT2D eigenvalue weighted by Gasteiger charge is -2.16. The van der Waals surface area contributed by atoms with Gasteiger partial charge in [-0.05, 0) is 66.9 Å². The predicted octanol–water partition coefficient (Wildman–Crippen LogP) is 4.80. The van der Waals surface area contributed by atoms with Gasteiger partial charge in [0.1, 0.15) is 11.5 Å². The lowest BCUT2D eigenvalue weighted by molar-refractivity contribution is -0.120. The van der Waals surface area contributed by atoms with E-state index in [9.17, 15) is 18.8 Å². The third-order valence-electron chi connectivity index (χ3n) is 5.30. The summed E-state index contributed by atoms with van der Waals surface area (Å²) in [7, 11) is 0. The summed E-state index contributed by atoms with van der Waals surface area (Å²) in [4.78, 5) is 39.2. The SMILES string of the molecule is CC(=O)Nc1ccc(C2=C(Nc3cc(C)ccc3C)C(=O)N(c3cccc(F)c3)C2=O)cc1. The second-order valence-corrected chi connectivity index (χ2v) is 7.88. The molecule has 166 valence electrons. The molecular weight excluding hydrogens is 421 g/mol. The van der Waals surface area contributed by atoms with Gasteiger partial charge in [-0.25, -0.2) is 9.29 Å². The zero-order valence-electron chi connectivity index (χ0n) is 18.4. The molecule has 0 saturated carbocycles. The molecule has 0 saturated heterocycles. The van der Waals surface area contributed by atoms with Gasteiger partial charge in [-0.2, -0.15) is 0 Å². The first-order chi connectivity index (χ1) is 15.7. The molecule has 0 unspecified atom stereocenters. The number of nitrogens with one attached hydrogen (secondary N) is 2. The molecule has 3 aromatic carbocycles. The summed E-state index contributed by atoms with van der Waals surface area (Å²) in [5, 5.41) is 5.82. The van der Waals surface area contributed by atoms with Crippen molar-refractivity contribution in [3.8, 4) is 0 Å². The fourth-order valence-electron chi connectivity index (χ4n) is 3.69. The number of anilines is 3. The number of carbonyl (C=O) groups excluding carboxylic acids is 3. The minimum atomic E-state index is -0.576. The van der Waals surface area contributed by atoms with Gasteiger partial charge in [-0.1, -0.05) is 30.3 Å². The highest BCUT2D eigenvalue weighted by atomic mass is 19.1. The Morgan fingerprint density at radius 3 is 2.30 bits per heavy atom. The third kappa shape index (κ3) is 4.39. The maximum Gasteiger partial charge on any atom is 0.282 e. The molecule has 0 fully saturated rings. The van der Waals surface area contributed by atoms with Gasteiger partial charge in [0, 0.05) is 18.3 Å². The van der Waals surface area contributed by atoms with Crippen molar-refractivity contribution in [3.63, 3.8) is 0 Å². The Balaban J connectivity index is 1.82. The molecule has 7 heteroatoms. The molecule has 0 aromatic heterocycles. The quantitative estimate of drug-likeness (QED) is 0.556. The van der Waals surface area contributed by atoms with Crippen LogP contribution in [0.4, 0.5) is 21.5 Å². The Labute approximate surface area is 190 Å². The number of halogens is 1. The smallest absolute Gasteiger partial charge is 0.282 e. The van der Waals surface area contributed by atoms with Crippen molar-refractivity contribution >= 4 is 40.4 Å². The topological polar surface area (TPSA) is 78.5 Å². The lowest BCUT2D eigenvalue weighted by atomic mass is 10.0. The van der Waals surface area contributed by atoms with E-state index in [1.165, 1.54) is 25.1 Å². The normalized spacial score (nSPS) is 13.5. The predicted molar refractivity (Wildman–Crippen MR) is 126 cm³/mol. The monoisotopic (exact) mass is 443 g/mol. The third-order valence-corrected chi connectivity index (χ3v) is 5.30. The molecule has 1 aliphatic rings. The fourth-order valence-corrected chi connectivity index (χ4v) is 3.69. The summed E-state index contributed by atoms with van der Waals surface area (Å²) in [5.74, 6) is -1.91. The van der Waals surface area contributed by atoms with Crippen molar-refractivity contribution in [3.05, 3.63) is 94.9 Å². The molecule has 2 N–H and O–H groups in total. The van der Waals surface area contributed by atoms with Gasteiger partial charge in [0.25, 0.3) is 11.8 Å². The number of imide groups is 1. The molecular formula is C26H22FN3O3. The molecule has 1 heterocycles. The lowest BCUT2D eigenvalue weighted by Crippen LogP contribution is -2.32. The highest BCUT2D eigenvalue weighted by Crippen LogP contribution is 2.35. The molecule has 4 rings (SSSR count). The van der Waals surface area contributed by atoms with E-state index < -0.39 is 17.6 Å². The van der Waals surface area contributed by atoms with Crippen molar-refractivity contribution < 1.29 is 18.8 Å². The number of nitrogens with zero attached hydrogens (tertiary/aromatic N) is 1. The number of amides is 3. The number of hydrogen-bond donors (Lipinski definition) is 2. The second kappa shape index (κ2) is 8.70. The minimum Gasteiger partial charge on any atom is -0.350 e. The number of rotatable bonds is 5. The van der Waals surface area contributed by atoms with E-state index in [1.807, 2.05) is 32.0 Å². The van der Waals surface area contributed by atoms with E-state index >= 15 is 0 Å². The summed E-state index contributed by atoms with van der Waals surface area (Å²) >= 11 is 0. The van der Waals surface area contributed by atoms with Crippen LogP contribution in [0.3, 0.4) is 0 Å². The average Bonchev–Trinajstić information content (AvgIpc) is 3.00. The van der Waals surface area contributed by atoms with E-state index in [4.69, 9.17) is 0 Å². The number of hydrogen-bond acceptors (Lipinski definition) is 4. The summed E-state index contributed by atoms with van der Waals surface area (Å²) in [6.07, 6.45) is 0. The van der Waals surface area contributed by atoms with Crippen LogP contribution in [0.15, 0.2) is 72.4 Å². The number of carbonyl (C=O) groups is 3. The van der Waals surface area contributed by atoms with Gasteiger partial charge in [0.15, 0.2) is 0 Å². The van der Waals surface area contributed by atoms with Gasteiger partial charge >= 0.3 is 0 Å². The first-order valence-electron chi connectivity index (χ1n) is 10.4. The van der Waals surface area contributed by atoms with Crippen LogP contribution in [0, 0.1) is 19.7 Å². The summed E-state index contributed by atoms with van der Waals surface area (Å²) in [6, 6.07) is 17.7. The van der Waals surface area contributed by atoms with Crippen LogP contribution in [-0.2, 0) is 14.4 Å². The number of aryl methyl sites for hydroxylation is 2. The second-order valence-electron chi connectivity index (χ2n) is 7.88. The van der Waals surface area contributed by atoms with Gasteiger partial charge in [-0.3, -0.25) is 14.4 Å². The number of benzene rings is 3. The molecule has 0 spiro atoms. The van der Waals surface area contributed by atoms with E-state index in [0.717, 1.165) is 22.1 Å². The first-order valence-corrected chi connectivity index (χ1v) is 10.4. The van der Waals surface area contributed by atoms with Crippen molar-refractivity contribution in [1.82, 2.24) is 0 Å². The van der Waals surface area contributed by atoms with Crippen LogP contribution < -0.4 is 15.5 Å². The molecule has 0 aliphatic carbocycles. The van der Waals surface area contributed by atoms with Crippen LogP contribution in [0.5, 0.6) is 0 Å². The first kappa shape index (κ1) is 22.0. The average molecular weight is 443 g/mol. The van der Waals surface area contributed by atoms with Crippen molar-refractivity contribution in [2.75, 3.05) is 15.5 Å². The van der Waals surface area contributed by atoms with Gasteiger partial charge < -0.3 is 10.6 Å². The summed E-state index contributed by atoms with van der Waals surface area (Å²) in [5.41, 5.74) is 4.06. The van der Waals surface area contributed by atoms with Gasteiger partial charge in [0.05, 0.1) is 11.3 Å². The zero-order valence-corrected chi connectivity index (χ0v) is 18.4. The zero-order chi connectivity index (χ0) is 23.7. The molecule has 0 radical (unpaired) electrons. The van der Waals surface area contributed by atoms with E-state index in [0.29, 0.717) is 16.9 Å². The maximum absolute atomic E-state index is 13.9. The van der Waals surface area contributed by atoms with Gasteiger partial charge in [0.2, 0.25) is 5.91 Å². The molecule has 1 aliphatic heterocycles. The van der Waals surface area contributed by atoms with Crippen LogP contribution >= 0.6 is 0 Å². The summed E-state index contributed by atoms with van der Waals surface area (Å²) < 4.78 is 13.9. The van der Waals surface area contributed by atoms with Crippen LogP contribution in [0.2, 0.25) is 0 Å². The molecule has 0 atom stereocenters. The highest BCUT2D eigenvalue weighted by molar-refractivity contribution is 6.46. The van der Waals surface area contributed by atoms with E-state index in [2.05, 4.69) is 10.6 Å². The highest BCUT2D eigenvalue weighted by Gasteiger charge is 2.40. The molecule has 3 amide bonds. The van der Waals surface area contributed by atoms with E-state index in [1.54, 1.807) is 24.3 Å². The Kier molecular flexibility index (Phi) is 5.79. The largest absolute Gasteiger partial charge is 0.350 e. The molecule has 3 aromatic rings. The maximum atomic E-state index is 13.9. The Bertz CT molecular complexity index is 1310. The molecule has 6 nitrogen and oxygen atoms in total. The van der Waals surface area contributed by atoms with Crippen LogP contribution in [-0.4, -0.2) is 17.7 Å². The van der Waals surface area contributed by atoms with Crippen molar-refractivity contribution in [1.29, 1.82) is 0 Å². The van der Waals surface area contributed by atoms with E-state index in [-0.39, 0.29) is 22.9 Å².